The third kappa shape index (κ3) is 3.40. The molecule has 6 nitrogen and oxygen atoms in total. The average Bonchev–Trinajstić information content (AvgIpc) is 2.44. The zero-order valence-corrected chi connectivity index (χ0v) is 12.3. The van der Waals surface area contributed by atoms with E-state index in [1.165, 1.54) is 7.11 Å². The normalized spacial score (nSPS) is 11.6. The Morgan fingerprint density at radius 1 is 1.45 bits per heavy atom. The molecule has 0 spiro atoms. The maximum absolute atomic E-state index is 12.2. The second-order valence-electron chi connectivity index (χ2n) is 4.48. The van der Waals surface area contributed by atoms with Gasteiger partial charge < -0.3 is 20.7 Å². The number of methoxy groups -OCH3 is 1. The number of benzene rings is 1. The van der Waals surface area contributed by atoms with Gasteiger partial charge in [-0.15, -0.1) is 0 Å². The summed E-state index contributed by atoms with van der Waals surface area (Å²) in [4.78, 5) is 25.6. The number of nitrogen functional groups attached to an aromatic ring is 1. The van der Waals surface area contributed by atoms with Crippen molar-refractivity contribution in [2.45, 2.75) is 19.9 Å². The number of nitrogens with two attached hydrogens (primary N) is 1. The number of nitrogens with one attached hydrogen (secondary N) is 1. The number of carbonyl (C=O) groups excluding carboxylic acids is 2. The van der Waals surface area contributed by atoms with Crippen LogP contribution in [0.1, 0.15) is 24.2 Å². The van der Waals surface area contributed by atoms with Gasteiger partial charge in [-0.1, -0.05) is 6.07 Å². The Kier molecular flexibility index (Phi) is 5.37. The molecule has 0 heterocycles. The summed E-state index contributed by atoms with van der Waals surface area (Å²) in [5.74, 6) is -0.225. The van der Waals surface area contributed by atoms with Gasteiger partial charge in [-0.25, -0.2) is 0 Å². The highest BCUT2D eigenvalue weighted by Crippen LogP contribution is 2.25. The van der Waals surface area contributed by atoms with E-state index in [1.807, 2.05) is 6.92 Å². The summed E-state index contributed by atoms with van der Waals surface area (Å²) in [7, 11) is 3.13. The van der Waals surface area contributed by atoms with Gasteiger partial charge >= 0.3 is 0 Å². The molecule has 1 aromatic rings. The van der Waals surface area contributed by atoms with Crippen LogP contribution in [0.4, 0.5) is 5.69 Å². The predicted octanol–water partition coefficient (Wildman–Crippen LogP) is 0.874. The first-order chi connectivity index (χ1) is 9.42. The lowest BCUT2D eigenvalue weighted by atomic mass is 10.1. The monoisotopic (exact) mass is 279 g/mol. The van der Waals surface area contributed by atoms with Crippen molar-refractivity contribution in [3.63, 3.8) is 0 Å². The number of amides is 2. The van der Waals surface area contributed by atoms with Crippen molar-refractivity contribution in [2.75, 3.05) is 26.4 Å². The molecule has 0 aliphatic rings. The summed E-state index contributed by atoms with van der Waals surface area (Å²) < 4.78 is 5.13. The van der Waals surface area contributed by atoms with E-state index in [9.17, 15) is 9.59 Å². The van der Waals surface area contributed by atoms with Crippen LogP contribution in [0.5, 0.6) is 5.75 Å². The molecule has 0 fully saturated rings. The number of rotatable bonds is 5. The van der Waals surface area contributed by atoms with Crippen LogP contribution in [0, 0.1) is 0 Å². The quantitative estimate of drug-likeness (QED) is 0.783. The molecule has 1 rings (SSSR count). The Balaban J connectivity index is 2.87. The summed E-state index contributed by atoms with van der Waals surface area (Å²) >= 11 is 0. The molecule has 20 heavy (non-hydrogen) atoms. The highest BCUT2D eigenvalue weighted by Gasteiger charge is 2.21. The van der Waals surface area contributed by atoms with Crippen LogP contribution in [0.3, 0.4) is 0 Å². The average molecular weight is 279 g/mol. The van der Waals surface area contributed by atoms with Crippen LogP contribution >= 0.6 is 0 Å². The second-order valence-corrected chi connectivity index (χ2v) is 4.48. The molecule has 0 aromatic heterocycles. The van der Waals surface area contributed by atoms with Crippen molar-refractivity contribution in [3.8, 4) is 5.75 Å². The topological polar surface area (TPSA) is 84.7 Å². The summed E-state index contributed by atoms with van der Waals surface area (Å²) in [5, 5.41) is 2.65. The van der Waals surface area contributed by atoms with E-state index in [1.54, 1.807) is 37.1 Å². The molecular weight excluding hydrogens is 258 g/mol. The number of para-hydroxylation sites is 1. The first kappa shape index (κ1) is 15.8. The lowest BCUT2D eigenvalue weighted by Crippen LogP contribution is -2.45. The van der Waals surface area contributed by atoms with Gasteiger partial charge in [0.05, 0.1) is 18.4 Å². The number of hydrogen-bond donors (Lipinski definition) is 2. The van der Waals surface area contributed by atoms with Crippen molar-refractivity contribution in [3.05, 3.63) is 23.8 Å². The Morgan fingerprint density at radius 2 is 2.10 bits per heavy atom. The van der Waals surface area contributed by atoms with E-state index in [2.05, 4.69) is 5.32 Å². The molecule has 0 saturated heterocycles. The molecule has 2 amide bonds. The van der Waals surface area contributed by atoms with Crippen LogP contribution in [0.2, 0.25) is 0 Å². The fourth-order valence-corrected chi connectivity index (χ4v) is 1.78. The third-order valence-electron chi connectivity index (χ3n) is 3.06. The molecule has 6 heteroatoms. The fourth-order valence-electron chi connectivity index (χ4n) is 1.78. The highest BCUT2D eigenvalue weighted by molar-refractivity contribution is 6.00. The van der Waals surface area contributed by atoms with E-state index < -0.39 is 6.04 Å². The Morgan fingerprint density at radius 3 is 2.65 bits per heavy atom. The zero-order valence-electron chi connectivity index (χ0n) is 12.3. The number of hydrogen-bond acceptors (Lipinski definition) is 4. The molecule has 0 radical (unpaired) electrons. The molecule has 0 aliphatic carbocycles. The molecule has 0 saturated carbocycles. The van der Waals surface area contributed by atoms with Gasteiger partial charge in [0.2, 0.25) is 5.91 Å². The van der Waals surface area contributed by atoms with Gasteiger partial charge in [0, 0.05) is 13.6 Å². The van der Waals surface area contributed by atoms with Gasteiger partial charge in [0.1, 0.15) is 6.04 Å². The lowest BCUT2D eigenvalue weighted by Gasteiger charge is -2.21. The van der Waals surface area contributed by atoms with E-state index in [0.717, 1.165) is 0 Å². The van der Waals surface area contributed by atoms with Gasteiger partial charge in [-0.3, -0.25) is 9.59 Å². The number of nitrogens with zero attached hydrogens (tertiary/aromatic N) is 1. The van der Waals surface area contributed by atoms with E-state index in [-0.39, 0.29) is 11.8 Å². The maximum Gasteiger partial charge on any atom is 0.255 e. The molecule has 3 N–H and O–H groups in total. The highest BCUT2D eigenvalue weighted by atomic mass is 16.5. The molecule has 1 aromatic carbocycles. The Bertz CT molecular complexity index is 502. The van der Waals surface area contributed by atoms with Crippen LogP contribution in [0.25, 0.3) is 0 Å². The van der Waals surface area contributed by atoms with Crippen LogP contribution in [0.15, 0.2) is 18.2 Å². The molecule has 1 atom stereocenters. The van der Waals surface area contributed by atoms with Crippen molar-refractivity contribution >= 4 is 17.5 Å². The van der Waals surface area contributed by atoms with E-state index in [4.69, 9.17) is 10.5 Å². The first-order valence-corrected chi connectivity index (χ1v) is 6.40. The smallest absolute Gasteiger partial charge is 0.255 e. The second kappa shape index (κ2) is 6.79. The molecule has 1 unspecified atom stereocenters. The molecule has 0 aliphatic heterocycles. The third-order valence-corrected chi connectivity index (χ3v) is 3.06. The van der Waals surface area contributed by atoms with Crippen LogP contribution in [-0.4, -0.2) is 43.5 Å². The van der Waals surface area contributed by atoms with E-state index in [0.29, 0.717) is 23.5 Å². The van der Waals surface area contributed by atoms with Gasteiger partial charge in [0.25, 0.3) is 5.91 Å². The minimum atomic E-state index is -0.612. The summed E-state index contributed by atoms with van der Waals surface area (Å²) in [6.07, 6.45) is 0. The summed E-state index contributed by atoms with van der Waals surface area (Å²) in [6.45, 7) is 4.10. The molecular formula is C14H21N3O3. The van der Waals surface area contributed by atoms with Gasteiger partial charge in [-0.05, 0) is 26.0 Å². The standard InChI is InChI=1S/C14H21N3O3/c1-5-17(3)14(19)9(2)16-13(18)10-7-6-8-11(15)12(10)20-4/h6-9H,5,15H2,1-4H3,(H,16,18). The Labute approximate surface area is 118 Å². The van der Waals surface area contributed by atoms with Crippen molar-refractivity contribution in [1.29, 1.82) is 0 Å². The predicted molar refractivity (Wildman–Crippen MR) is 77.6 cm³/mol. The van der Waals surface area contributed by atoms with Gasteiger partial charge in [-0.2, -0.15) is 0 Å². The summed E-state index contributed by atoms with van der Waals surface area (Å²) in [6, 6.07) is 4.30. The fraction of sp³-hybridized carbons (Fsp3) is 0.429. The first-order valence-electron chi connectivity index (χ1n) is 6.40. The van der Waals surface area contributed by atoms with E-state index >= 15 is 0 Å². The van der Waals surface area contributed by atoms with Crippen molar-refractivity contribution < 1.29 is 14.3 Å². The SMILES string of the molecule is CCN(C)C(=O)C(C)NC(=O)c1cccc(N)c1OC. The maximum atomic E-state index is 12.2. The van der Waals surface area contributed by atoms with Gasteiger partial charge in [0.15, 0.2) is 5.75 Å². The largest absolute Gasteiger partial charge is 0.494 e. The minimum Gasteiger partial charge on any atom is -0.494 e. The number of likely N-dealkylation sites (N-methyl/N-ethyl adjacent to an activating group) is 1. The Hall–Kier alpha value is -2.24. The van der Waals surface area contributed by atoms with Crippen LogP contribution in [-0.2, 0) is 4.79 Å². The summed E-state index contributed by atoms with van der Waals surface area (Å²) in [5.41, 5.74) is 6.44. The molecule has 0 bridgehead atoms. The number of ether oxygens (including phenoxy) is 1. The number of anilines is 1. The van der Waals surface area contributed by atoms with Crippen LogP contribution < -0.4 is 15.8 Å². The lowest BCUT2D eigenvalue weighted by molar-refractivity contribution is -0.131. The zero-order chi connectivity index (χ0) is 15.3. The number of carbonyl (C=O) groups is 2. The molecule has 110 valence electrons. The van der Waals surface area contributed by atoms with Crippen molar-refractivity contribution in [1.82, 2.24) is 10.2 Å². The van der Waals surface area contributed by atoms with Crippen molar-refractivity contribution in [2.24, 2.45) is 0 Å². The minimum absolute atomic E-state index is 0.149.